The molecule has 1 unspecified atom stereocenters. The van der Waals surface area contributed by atoms with Gasteiger partial charge >= 0.3 is 0 Å². The molecule has 0 aliphatic carbocycles. The molecular weight excluding hydrogens is 299 g/mol. The van der Waals surface area contributed by atoms with Crippen LogP contribution in [0.5, 0.6) is 0 Å². The SMILES string of the molecule is CCn1ncc(Br)c1C(C)(O)c1cccc(F)c1. The number of halogens is 2. The summed E-state index contributed by atoms with van der Waals surface area (Å²) in [4.78, 5) is 0. The first-order valence-electron chi connectivity index (χ1n) is 5.67. The minimum atomic E-state index is -1.30. The van der Waals surface area contributed by atoms with Gasteiger partial charge in [0, 0.05) is 6.54 Å². The van der Waals surface area contributed by atoms with Gasteiger partial charge < -0.3 is 5.11 Å². The molecule has 3 nitrogen and oxygen atoms in total. The summed E-state index contributed by atoms with van der Waals surface area (Å²) in [6, 6.07) is 5.97. The van der Waals surface area contributed by atoms with Gasteiger partial charge in [-0.05, 0) is 47.5 Å². The van der Waals surface area contributed by atoms with E-state index in [9.17, 15) is 9.50 Å². The first-order chi connectivity index (χ1) is 8.46. The van der Waals surface area contributed by atoms with Gasteiger partial charge in [0.2, 0.25) is 0 Å². The molecule has 0 aliphatic heterocycles. The molecule has 2 aromatic rings. The maximum Gasteiger partial charge on any atom is 0.130 e. The Kier molecular flexibility index (Phi) is 3.54. The zero-order valence-electron chi connectivity index (χ0n) is 10.2. The Labute approximate surface area is 113 Å². The molecule has 96 valence electrons. The highest BCUT2D eigenvalue weighted by Gasteiger charge is 2.32. The average molecular weight is 313 g/mol. The highest BCUT2D eigenvalue weighted by molar-refractivity contribution is 9.10. The van der Waals surface area contributed by atoms with Crippen molar-refractivity contribution < 1.29 is 9.50 Å². The molecule has 0 amide bonds. The largest absolute Gasteiger partial charge is 0.379 e. The minimum absolute atomic E-state index is 0.369. The highest BCUT2D eigenvalue weighted by Crippen LogP contribution is 2.34. The number of benzene rings is 1. The summed E-state index contributed by atoms with van der Waals surface area (Å²) in [6.07, 6.45) is 1.63. The van der Waals surface area contributed by atoms with Crippen molar-refractivity contribution in [2.75, 3.05) is 0 Å². The molecule has 0 radical (unpaired) electrons. The standard InChI is InChI=1S/C13H14BrFN2O/c1-3-17-12(11(14)8-16-17)13(2,18)9-5-4-6-10(15)7-9/h4-8,18H,3H2,1-2H3. The Morgan fingerprint density at radius 3 is 2.83 bits per heavy atom. The zero-order valence-corrected chi connectivity index (χ0v) is 11.8. The molecule has 0 aliphatic rings. The smallest absolute Gasteiger partial charge is 0.130 e. The molecule has 0 fully saturated rings. The Bertz CT molecular complexity index is 566. The van der Waals surface area contributed by atoms with Gasteiger partial charge in [-0.1, -0.05) is 12.1 Å². The predicted molar refractivity (Wildman–Crippen MR) is 70.7 cm³/mol. The molecular formula is C13H14BrFN2O. The van der Waals surface area contributed by atoms with Gasteiger partial charge in [0.15, 0.2) is 0 Å². The van der Waals surface area contributed by atoms with E-state index in [1.54, 1.807) is 29.9 Å². The molecule has 1 aromatic heterocycles. The normalized spacial score (nSPS) is 14.5. The van der Waals surface area contributed by atoms with Crippen molar-refractivity contribution in [3.8, 4) is 0 Å². The number of rotatable bonds is 3. The van der Waals surface area contributed by atoms with E-state index in [1.807, 2.05) is 6.92 Å². The lowest BCUT2D eigenvalue weighted by Gasteiger charge is -2.25. The molecule has 1 heterocycles. The van der Waals surface area contributed by atoms with E-state index in [1.165, 1.54) is 12.1 Å². The molecule has 0 spiro atoms. The summed E-state index contributed by atoms with van der Waals surface area (Å²) in [5.74, 6) is -0.369. The van der Waals surface area contributed by atoms with Crippen LogP contribution >= 0.6 is 15.9 Å². The van der Waals surface area contributed by atoms with E-state index in [2.05, 4.69) is 21.0 Å². The highest BCUT2D eigenvalue weighted by atomic mass is 79.9. The second-order valence-electron chi connectivity index (χ2n) is 4.24. The van der Waals surface area contributed by atoms with Crippen LogP contribution in [-0.4, -0.2) is 14.9 Å². The lowest BCUT2D eigenvalue weighted by Crippen LogP contribution is -2.27. The second-order valence-corrected chi connectivity index (χ2v) is 5.09. The van der Waals surface area contributed by atoms with Gasteiger partial charge in [-0.2, -0.15) is 5.10 Å². The van der Waals surface area contributed by atoms with Gasteiger partial charge in [0.05, 0.1) is 16.4 Å². The van der Waals surface area contributed by atoms with Crippen molar-refractivity contribution in [1.29, 1.82) is 0 Å². The van der Waals surface area contributed by atoms with E-state index < -0.39 is 5.60 Å². The van der Waals surface area contributed by atoms with Crippen molar-refractivity contribution in [3.05, 3.63) is 52.0 Å². The van der Waals surface area contributed by atoms with Crippen LogP contribution < -0.4 is 0 Å². The lowest BCUT2D eigenvalue weighted by atomic mass is 9.92. The first-order valence-corrected chi connectivity index (χ1v) is 6.46. The maximum atomic E-state index is 13.3. The molecule has 1 atom stereocenters. The first kappa shape index (κ1) is 13.2. The number of nitrogens with zero attached hydrogens (tertiary/aromatic N) is 2. The fourth-order valence-electron chi connectivity index (χ4n) is 2.01. The molecule has 2 rings (SSSR count). The van der Waals surface area contributed by atoms with Gasteiger partial charge in [0.1, 0.15) is 11.4 Å². The monoisotopic (exact) mass is 312 g/mol. The topological polar surface area (TPSA) is 38.0 Å². The Balaban J connectivity index is 2.57. The fraction of sp³-hybridized carbons (Fsp3) is 0.308. The van der Waals surface area contributed by atoms with Gasteiger partial charge in [-0.25, -0.2) is 4.39 Å². The Hall–Kier alpha value is -1.20. The third kappa shape index (κ3) is 2.20. The van der Waals surface area contributed by atoms with Crippen LogP contribution in [0.3, 0.4) is 0 Å². The fourth-order valence-corrected chi connectivity index (χ4v) is 2.70. The van der Waals surface area contributed by atoms with Crippen LogP contribution in [0.2, 0.25) is 0 Å². The van der Waals surface area contributed by atoms with Gasteiger partial charge in [0.25, 0.3) is 0 Å². The van der Waals surface area contributed by atoms with Crippen LogP contribution in [0, 0.1) is 5.82 Å². The van der Waals surface area contributed by atoms with E-state index >= 15 is 0 Å². The summed E-state index contributed by atoms with van der Waals surface area (Å²) in [5.41, 5.74) is -0.179. The summed E-state index contributed by atoms with van der Waals surface area (Å²) < 4.78 is 15.7. The Morgan fingerprint density at radius 1 is 1.50 bits per heavy atom. The van der Waals surface area contributed by atoms with Crippen molar-refractivity contribution >= 4 is 15.9 Å². The van der Waals surface area contributed by atoms with E-state index in [4.69, 9.17) is 0 Å². The van der Waals surface area contributed by atoms with Gasteiger partial charge in [-0.15, -0.1) is 0 Å². The summed E-state index contributed by atoms with van der Waals surface area (Å²) >= 11 is 3.37. The third-order valence-corrected chi connectivity index (χ3v) is 3.52. The van der Waals surface area contributed by atoms with Crippen LogP contribution in [0.15, 0.2) is 34.9 Å². The second kappa shape index (κ2) is 4.82. The third-order valence-electron chi connectivity index (χ3n) is 2.94. The van der Waals surface area contributed by atoms with Crippen LogP contribution in [-0.2, 0) is 12.1 Å². The molecule has 18 heavy (non-hydrogen) atoms. The van der Waals surface area contributed by atoms with E-state index in [0.717, 1.165) is 0 Å². The molecule has 1 aromatic carbocycles. The summed E-state index contributed by atoms with van der Waals surface area (Å²) in [6.45, 7) is 4.20. The summed E-state index contributed by atoms with van der Waals surface area (Å²) in [5, 5.41) is 14.9. The predicted octanol–water partition coefficient (Wildman–Crippen LogP) is 3.06. The molecule has 0 bridgehead atoms. The van der Waals surface area contributed by atoms with Crippen LogP contribution in [0.4, 0.5) is 4.39 Å². The van der Waals surface area contributed by atoms with Crippen LogP contribution in [0.1, 0.15) is 25.1 Å². The number of aliphatic hydroxyl groups is 1. The van der Waals surface area contributed by atoms with Crippen molar-refractivity contribution in [3.63, 3.8) is 0 Å². The molecule has 1 N–H and O–H groups in total. The number of hydrogen-bond acceptors (Lipinski definition) is 2. The minimum Gasteiger partial charge on any atom is -0.379 e. The molecule has 5 heteroatoms. The number of aryl methyl sites for hydroxylation is 1. The number of hydrogen-bond donors (Lipinski definition) is 1. The van der Waals surface area contributed by atoms with E-state index in [0.29, 0.717) is 22.3 Å². The molecule has 0 saturated heterocycles. The van der Waals surface area contributed by atoms with Crippen molar-refractivity contribution in [2.24, 2.45) is 0 Å². The van der Waals surface area contributed by atoms with Gasteiger partial charge in [-0.3, -0.25) is 4.68 Å². The van der Waals surface area contributed by atoms with E-state index in [-0.39, 0.29) is 5.82 Å². The van der Waals surface area contributed by atoms with Crippen molar-refractivity contribution in [1.82, 2.24) is 9.78 Å². The molecule has 0 saturated carbocycles. The van der Waals surface area contributed by atoms with Crippen molar-refractivity contribution in [2.45, 2.75) is 26.0 Å². The quantitative estimate of drug-likeness (QED) is 0.946. The average Bonchev–Trinajstić information content (AvgIpc) is 2.71. The van der Waals surface area contributed by atoms with Crippen LogP contribution in [0.25, 0.3) is 0 Å². The maximum absolute atomic E-state index is 13.3. The Morgan fingerprint density at radius 2 is 2.22 bits per heavy atom. The number of aromatic nitrogens is 2. The summed E-state index contributed by atoms with van der Waals surface area (Å²) in [7, 11) is 0. The lowest BCUT2D eigenvalue weighted by molar-refractivity contribution is 0.0906. The zero-order chi connectivity index (χ0) is 13.3.